The Morgan fingerprint density at radius 2 is 1.85 bits per heavy atom. The van der Waals surface area contributed by atoms with Crippen LogP contribution in [0.5, 0.6) is 5.75 Å². The van der Waals surface area contributed by atoms with Crippen molar-refractivity contribution in [2.24, 2.45) is 0 Å². The highest BCUT2D eigenvalue weighted by molar-refractivity contribution is 6.23. The van der Waals surface area contributed by atoms with E-state index in [9.17, 15) is 23.6 Å². The molecule has 3 N–H and O–H groups in total. The first-order chi connectivity index (χ1) is 12.3. The number of esters is 1. The van der Waals surface area contributed by atoms with Gasteiger partial charge < -0.3 is 15.2 Å². The van der Waals surface area contributed by atoms with Crippen LogP contribution in [0.1, 0.15) is 31.1 Å². The fourth-order valence-electron chi connectivity index (χ4n) is 2.71. The predicted octanol–water partition coefficient (Wildman–Crippen LogP) is 0.238. The van der Waals surface area contributed by atoms with Crippen LogP contribution in [-0.2, 0) is 4.74 Å². The maximum absolute atomic E-state index is 14.3. The van der Waals surface area contributed by atoms with Crippen molar-refractivity contribution in [2.75, 3.05) is 20.0 Å². The fraction of sp³-hybridized carbons (Fsp3) is 0.125. The van der Waals surface area contributed by atoms with E-state index in [2.05, 4.69) is 4.74 Å². The molecule has 0 bridgehead atoms. The lowest BCUT2D eigenvalue weighted by Crippen LogP contribution is -2.25. The number of ether oxygens (including phenoxy) is 2. The fourth-order valence-corrected chi connectivity index (χ4v) is 2.71. The van der Waals surface area contributed by atoms with Gasteiger partial charge in [0.1, 0.15) is 5.82 Å². The van der Waals surface area contributed by atoms with Crippen LogP contribution in [0, 0.1) is 5.82 Å². The first-order valence-corrected chi connectivity index (χ1v) is 7.17. The van der Waals surface area contributed by atoms with E-state index in [0.717, 1.165) is 37.0 Å². The summed E-state index contributed by atoms with van der Waals surface area (Å²) < 4.78 is 24.6. The number of nitrogen functional groups attached to an aromatic ring is 1. The molecule has 9 nitrogen and oxygen atoms in total. The number of methoxy groups -OCH3 is 2. The Balaban J connectivity index is 2.38. The quantitative estimate of drug-likeness (QED) is 0.591. The lowest BCUT2D eigenvalue weighted by atomic mass is 10.1. The molecule has 26 heavy (non-hydrogen) atoms. The molecule has 1 aliphatic rings. The minimum Gasteiger partial charge on any atom is -0.492 e. The maximum Gasteiger partial charge on any atom is 0.338 e. The lowest BCUT2D eigenvalue weighted by molar-refractivity contribution is 0.0599. The summed E-state index contributed by atoms with van der Waals surface area (Å²) in [5, 5.41) is 2.02. The molecule has 0 aliphatic carbocycles. The van der Waals surface area contributed by atoms with E-state index in [1.54, 1.807) is 0 Å². The molecule has 0 spiro atoms. The molecule has 2 amide bonds. The second-order valence-electron chi connectivity index (χ2n) is 5.28. The molecule has 0 fully saturated rings. The summed E-state index contributed by atoms with van der Waals surface area (Å²) in [5.41, 5.74) is 4.27. The first-order valence-electron chi connectivity index (χ1n) is 7.17. The number of nitrogens with zero attached hydrogens (tertiary/aromatic N) is 1. The Labute approximate surface area is 145 Å². The SMILES string of the molecule is COC(=O)c1cc(F)c(OC)c(-n2c(N)c3c(cc2=O)C(=O)NC3=O)c1. The lowest BCUT2D eigenvalue weighted by Gasteiger charge is -2.16. The zero-order valence-electron chi connectivity index (χ0n) is 13.6. The van der Waals surface area contributed by atoms with Crippen molar-refractivity contribution < 1.29 is 28.2 Å². The van der Waals surface area contributed by atoms with E-state index in [4.69, 9.17) is 10.5 Å². The molecule has 10 heteroatoms. The standard InChI is InChI=1S/C16H12FN3O6/c1-25-12-8(17)3-6(16(24)26-2)4-9(12)20-10(21)5-7-11(13(20)18)15(23)19-14(7)22/h3-5H,18H2,1-2H3,(H,19,22,23). The summed E-state index contributed by atoms with van der Waals surface area (Å²) in [6.07, 6.45) is 0. The van der Waals surface area contributed by atoms with Crippen LogP contribution in [0.3, 0.4) is 0 Å². The first kappa shape index (κ1) is 17.1. The Morgan fingerprint density at radius 1 is 1.15 bits per heavy atom. The number of aromatic nitrogens is 1. The summed E-state index contributed by atoms with van der Waals surface area (Å²) in [4.78, 5) is 47.9. The zero-order valence-corrected chi connectivity index (χ0v) is 13.6. The largest absolute Gasteiger partial charge is 0.492 e. The highest BCUT2D eigenvalue weighted by atomic mass is 19.1. The van der Waals surface area contributed by atoms with Crippen LogP contribution in [0.25, 0.3) is 5.69 Å². The molecule has 1 aromatic carbocycles. The van der Waals surface area contributed by atoms with Gasteiger partial charge in [-0.15, -0.1) is 0 Å². The summed E-state index contributed by atoms with van der Waals surface area (Å²) in [7, 11) is 2.26. The molecule has 2 heterocycles. The van der Waals surface area contributed by atoms with Gasteiger partial charge in [-0.3, -0.25) is 24.3 Å². The molecular weight excluding hydrogens is 349 g/mol. The van der Waals surface area contributed by atoms with Gasteiger partial charge >= 0.3 is 5.97 Å². The Kier molecular flexibility index (Phi) is 3.95. The van der Waals surface area contributed by atoms with Crippen molar-refractivity contribution in [3.63, 3.8) is 0 Å². The maximum atomic E-state index is 14.3. The molecule has 0 unspecified atom stereocenters. The van der Waals surface area contributed by atoms with Gasteiger partial charge in [0.15, 0.2) is 11.6 Å². The second kappa shape index (κ2) is 5.99. The average Bonchev–Trinajstić information content (AvgIpc) is 2.87. The minimum atomic E-state index is -0.947. The normalized spacial score (nSPS) is 12.6. The van der Waals surface area contributed by atoms with Crippen LogP contribution >= 0.6 is 0 Å². The molecule has 2 aromatic rings. The molecule has 0 saturated carbocycles. The average molecular weight is 361 g/mol. The number of rotatable bonds is 3. The Bertz CT molecular complexity index is 1040. The third-order valence-electron chi connectivity index (χ3n) is 3.84. The number of hydrogen-bond donors (Lipinski definition) is 2. The van der Waals surface area contributed by atoms with E-state index in [1.807, 2.05) is 5.32 Å². The van der Waals surface area contributed by atoms with Crippen molar-refractivity contribution in [1.29, 1.82) is 0 Å². The molecule has 134 valence electrons. The monoisotopic (exact) mass is 361 g/mol. The van der Waals surface area contributed by atoms with E-state index < -0.39 is 35.0 Å². The second-order valence-corrected chi connectivity index (χ2v) is 5.28. The number of nitrogens with one attached hydrogen (secondary N) is 1. The van der Waals surface area contributed by atoms with Crippen molar-refractivity contribution in [1.82, 2.24) is 9.88 Å². The molecular formula is C16H12FN3O6. The van der Waals surface area contributed by atoms with Gasteiger partial charge in [0.2, 0.25) is 0 Å². The van der Waals surface area contributed by atoms with Gasteiger partial charge in [-0.05, 0) is 12.1 Å². The van der Waals surface area contributed by atoms with Gasteiger partial charge in [0.25, 0.3) is 17.4 Å². The molecule has 0 atom stereocenters. The summed E-state index contributed by atoms with van der Waals surface area (Å²) in [5.74, 6) is -4.12. The Hall–Kier alpha value is -3.69. The zero-order chi connectivity index (χ0) is 19.2. The summed E-state index contributed by atoms with van der Waals surface area (Å²) in [6, 6.07) is 2.90. The van der Waals surface area contributed by atoms with Gasteiger partial charge in [0.05, 0.1) is 36.6 Å². The van der Waals surface area contributed by atoms with E-state index in [0.29, 0.717) is 0 Å². The molecule has 0 radical (unpaired) electrons. The number of carbonyl (C=O) groups is 3. The number of imide groups is 1. The molecule has 1 aliphatic heterocycles. The van der Waals surface area contributed by atoms with Crippen LogP contribution in [0.2, 0.25) is 0 Å². The molecule has 0 saturated heterocycles. The predicted molar refractivity (Wildman–Crippen MR) is 86.1 cm³/mol. The number of hydrogen-bond acceptors (Lipinski definition) is 7. The summed E-state index contributed by atoms with van der Waals surface area (Å²) >= 11 is 0. The molecule has 3 rings (SSSR count). The molecule has 1 aromatic heterocycles. The number of anilines is 1. The van der Waals surface area contributed by atoms with E-state index in [1.165, 1.54) is 0 Å². The van der Waals surface area contributed by atoms with Gasteiger partial charge in [-0.1, -0.05) is 0 Å². The number of halogens is 1. The third kappa shape index (κ3) is 2.39. The van der Waals surface area contributed by atoms with Crippen molar-refractivity contribution in [3.05, 3.63) is 51.1 Å². The number of benzene rings is 1. The van der Waals surface area contributed by atoms with Crippen molar-refractivity contribution >= 4 is 23.6 Å². The van der Waals surface area contributed by atoms with Crippen molar-refractivity contribution in [2.45, 2.75) is 0 Å². The Morgan fingerprint density at radius 3 is 2.46 bits per heavy atom. The highest BCUT2D eigenvalue weighted by Crippen LogP contribution is 2.31. The van der Waals surface area contributed by atoms with E-state index >= 15 is 0 Å². The van der Waals surface area contributed by atoms with Crippen LogP contribution in [0.15, 0.2) is 23.0 Å². The van der Waals surface area contributed by atoms with Crippen LogP contribution in [0.4, 0.5) is 10.2 Å². The topological polar surface area (TPSA) is 130 Å². The third-order valence-corrected chi connectivity index (χ3v) is 3.84. The number of amides is 2. The van der Waals surface area contributed by atoms with Crippen LogP contribution in [-0.4, -0.2) is 36.6 Å². The smallest absolute Gasteiger partial charge is 0.338 e. The van der Waals surface area contributed by atoms with Gasteiger partial charge in [0, 0.05) is 6.07 Å². The van der Waals surface area contributed by atoms with E-state index in [-0.39, 0.29) is 28.1 Å². The number of pyridine rings is 1. The van der Waals surface area contributed by atoms with Crippen LogP contribution < -0.4 is 21.3 Å². The number of fused-ring (bicyclic) bond motifs is 1. The highest BCUT2D eigenvalue weighted by Gasteiger charge is 2.32. The number of nitrogens with two attached hydrogens (primary N) is 1. The van der Waals surface area contributed by atoms with Gasteiger partial charge in [-0.2, -0.15) is 0 Å². The summed E-state index contributed by atoms with van der Waals surface area (Å²) in [6.45, 7) is 0. The van der Waals surface area contributed by atoms with Crippen molar-refractivity contribution in [3.8, 4) is 11.4 Å². The number of carbonyl (C=O) groups excluding carboxylic acids is 3. The minimum absolute atomic E-state index is 0.183. The van der Waals surface area contributed by atoms with Gasteiger partial charge in [-0.25, -0.2) is 9.18 Å².